The van der Waals surface area contributed by atoms with Gasteiger partial charge in [-0.1, -0.05) is 75.4 Å². The second kappa shape index (κ2) is 13.7. The summed E-state index contributed by atoms with van der Waals surface area (Å²) < 4.78 is 6.69. The summed E-state index contributed by atoms with van der Waals surface area (Å²) in [5, 5.41) is 4.03. The van der Waals surface area contributed by atoms with Crippen molar-refractivity contribution in [3.05, 3.63) is 62.0 Å². The van der Waals surface area contributed by atoms with Crippen molar-refractivity contribution in [2.45, 2.75) is 83.8 Å². The lowest BCUT2D eigenvalue weighted by atomic mass is 9.95. The van der Waals surface area contributed by atoms with Crippen LogP contribution in [0.25, 0.3) is 0 Å². The average Bonchev–Trinajstić information content (AvgIpc) is 2.85. The van der Waals surface area contributed by atoms with Gasteiger partial charge in [0.25, 0.3) is 5.91 Å². The topological polar surface area (TPSA) is 58.6 Å². The Labute approximate surface area is 233 Å². The summed E-state index contributed by atoms with van der Waals surface area (Å²) in [7, 11) is 0. The van der Waals surface area contributed by atoms with Gasteiger partial charge in [0, 0.05) is 12.6 Å². The zero-order chi connectivity index (χ0) is 26.2. The SMILES string of the molecule is CCC(C(=O)NC1CCCCC1)N(Cc1ccc(Cl)c(Cl)c1)C(=O)COc1ccc(C(C)C)cc1Br. The van der Waals surface area contributed by atoms with Gasteiger partial charge in [-0.05, 0) is 76.5 Å². The molecule has 2 amide bonds. The van der Waals surface area contributed by atoms with Crippen molar-refractivity contribution in [3.63, 3.8) is 0 Å². The van der Waals surface area contributed by atoms with Gasteiger partial charge >= 0.3 is 0 Å². The molecular formula is C28H35BrCl2N2O3. The van der Waals surface area contributed by atoms with E-state index in [4.69, 9.17) is 27.9 Å². The van der Waals surface area contributed by atoms with Crippen molar-refractivity contribution in [1.29, 1.82) is 0 Å². The Balaban J connectivity index is 1.79. The van der Waals surface area contributed by atoms with Gasteiger partial charge in [0.1, 0.15) is 11.8 Å². The Bertz CT molecular complexity index is 1060. The molecule has 1 saturated carbocycles. The number of carbonyl (C=O) groups excluding carboxylic acids is 2. The first-order valence-corrected chi connectivity index (χ1v) is 14.2. The molecule has 2 aromatic rings. The Morgan fingerprint density at radius 3 is 2.42 bits per heavy atom. The normalized spacial score (nSPS) is 15.0. The van der Waals surface area contributed by atoms with Crippen molar-refractivity contribution in [2.24, 2.45) is 0 Å². The molecule has 0 saturated heterocycles. The number of ether oxygens (including phenoxy) is 1. The van der Waals surface area contributed by atoms with Gasteiger partial charge in [0.15, 0.2) is 6.61 Å². The number of hydrogen-bond acceptors (Lipinski definition) is 3. The number of benzene rings is 2. The van der Waals surface area contributed by atoms with E-state index in [2.05, 4.69) is 35.1 Å². The lowest BCUT2D eigenvalue weighted by molar-refractivity contribution is -0.143. The molecule has 1 fully saturated rings. The highest BCUT2D eigenvalue weighted by Crippen LogP contribution is 2.29. The van der Waals surface area contributed by atoms with E-state index in [1.165, 1.54) is 12.0 Å². The quantitative estimate of drug-likeness (QED) is 0.308. The Hall–Kier alpha value is -1.76. The van der Waals surface area contributed by atoms with Gasteiger partial charge in [0.2, 0.25) is 5.91 Å². The van der Waals surface area contributed by atoms with Crippen LogP contribution in [0, 0.1) is 0 Å². The smallest absolute Gasteiger partial charge is 0.261 e. The molecule has 5 nitrogen and oxygen atoms in total. The van der Waals surface area contributed by atoms with Gasteiger partial charge in [-0.15, -0.1) is 0 Å². The maximum absolute atomic E-state index is 13.5. The molecule has 2 aromatic carbocycles. The summed E-state index contributed by atoms with van der Waals surface area (Å²) in [6.45, 7) is 6.20. The second-order valence-electron chi connectivity index (χ2n) is 9.67. The summed E-state index contributed by atoms with van der Waals surface area (Å²) in [6.07, 6.45) is 5.88. The summed E-state index contributed by atoms with van der Waals surface area (Å²) in [5.74, 6) is 0.570. The molecule has 1 aliphatic rings. The molecule has 1 unspecified atom stereocenters. The number of carbonyl (C=O) groups is 2. The Kier molecular flexibility index (Phi) is 11.0. The minimum Gasteiger partial charge on any atom is -0.483 e. The van der Waals surface area contributed by atoms with Crippen molar-refractivity contribution < 1.29 is 14.3 Å². The van der Waals surface area contributed by atoms with E-state index in [1.807, 2.05) is 31.2 Å². The summed E-state index contributed by atoms with van der Waals surface area (Å²) in [4.78, 5) is 28.4. The van der Waals surface area contributed by atoms with E-state index < -0.39 is 6.04 Å². The van der Waals surface area contributed by atoms with Crippen LogP contribution in [0.1, 0.15) is 76.3 Å². The van der Waals surface area contributed by atoms with E-state index in [-0.39, 0.29) is 31.0 Å². The van der Waals surface area contributed by atoms with Crippen molar-refractivity contribution in [2.75, 3.05) is 6.61 Å². The fourth-order valence-corrected chi connectivity index (χ4v) is 5.35. The maximum atomic E-state index is 13.5. The molecule has 196 valence electrons. The molecule has 36 heavy (non-hydrogen) atoms. The van der Waals surface area contributed by atoms with Crippen LogP contribution >= 0.6 is 39.1 Å². The fourth-order valence-electron chi connectivity index (χ4n) is 4.51. The van der Waals surface area contributed by atoms with Crippen LogP contribution in [0.2, 0.25) is 10.0 Å². The van der Waals surface area contributed by atoms with E-state index in [0.717, 1.165) is 35.7 Å². The number of hydrogen-bond donors (Lipinski definition) is 1. The standard InChI is InChI=1S/C28H35BrCl2N2O3/c1-4-25(28(35)32-21-8-6-5-7-9-21)33(16-19-10-12-23(30)24(31)14-19)27(34)17-36-26-13-11-20(18(2)3)15-22(26)29/h10-15,18,21,25H,4-9,16-17H2,1-3H3,(H,32,35). The zero-order valence-electron chi connectivity index (χ0n) is 21.2. The minimum absolute atomic E-state index is 0.125. The predicted molar refractivity (Wildman–Crippen MR) is 150 cm³/mol. The van der Waals surface area contributed by atoms with Crippen LogP contribution in [0.5, 0.6) is 5.75 Å². The van der Waals surface area contributed by atoms with Crippen LogP contribution in [0.15, 0.2) is 40.9 Å². The van der Waals surface area contributed by atoms with E-state index in [1.54, 1.807) is 17.0 Å². The third-order valence-electron chi connectivity index (χ3n) is 6.65. The van der Waals surface area contributed by atoms with Crippen molar-refractivity contribution in [3.8, 4) is 5.75 Å². The largest absolute Gasteiger partial charge is 0.483 e. The van der Waals surface area contributed by atoms with Gasteiger partial charge in [-0.25, -0.2) is 0 Å². The summed E-state index contributed by atoms with van der Waals surface area (Å²) >= 11 is 15.9. The molecule has 0 aliphatic heterocycles. The lowest BCUT2D eigenvalue weighted by Crippen LogP contribution is -2.52. The molecule has 0 aromatic heterocycles. The number of halogens is 3. The molecule has 1 atom stereocenters. The van der Waals surface area contributed by atoms with Gasteiger partial charge in [-0.2, -0.15) is 0 Å². The molecule has 8 heteroatoms. The van der Waals surface area contributed by atoms with Crippen molar-refractivity contribution >= 4 is 50.9 Å². The second-order valence-corrected chi connectivity index (χ2v) is 11.3. The molecular weight excluding hydrogens is 563 g/mol. The number of nitrogens with one attached hydrogen (secondary N) is 1. The maximum Gasteiger partial charge on any atom is 0.261 e. The molecule has 1 N–H and O–H groups in total. The van der Waals surface area contributed by atoms with Crippen LogP contribution in [0.4, 0.5) is 0 Å². The van der Waals surface area contributed by atoms with E-state index in [0.29, 0.717) is 28.1 Å². The minimum atomic E-state index is -0.621. The van der Waals surface area contributed by atoms with Gasteiger partial charge in [-0.3, -0.25) is 9.59 Å². The highest BCUT2D eigenvalue weighted by atomic mass is 79.9. The predicted octanol–water partition coefficient (Wildman–Crippen LogP) is 7.51. The van der Waals surface area contributed by atoms with Crippen LogP contribution in [-0.4, -0.2) is 35.4 Å². The molecule has 0 radical (unpaired) electrons. The first kappa shape index (κ1) is 28.8. The molecule has 3 rings (SSSR count). The molecule has 0 bridgehead atoms. The highest BCUT2D eigenvalue weighted by Gasteiger charge is 2.30. The fraction of sp³-hybridized carbons (Fsp3) is 0.500. The van der Waals surface area contributed by atoms with Crippen LogP contribution in [-0.2, 0) is 16.1 Å². The molecule has 0 spiro atoms. The summed E-state index contributed by atoms with van der Waals surface area (Å²) in [5.41, 5.74) is 1.97. The Morgan fingerprint density at radius 1 is 1.08 bits per heavy atom. The monoisotopic (exact) mass is 596 g/mol. The van der Waals surface area contributed by atoms with E-state index in [9.17, 15) is 9.59 Å². The number of amides is 2. The Morgan fingerprint density at radius 2 is 1.81 bits per heavy atom. The van der Waals surface area contributed by atoms with Gasteiger partial charge in [0.05, 0.1) is 14.5 Å². The molecule has 1 aliphatic carbocycles. The highest BCUT2D eigenvalue weighted by molar-refractivity contribution is 9.10. The third kappa shape index (κ3) is 7.87. The number of nitrogens with zero attached hydrogens (tertiary/aromatic N) is 1. The first-order valence-electron chi connectivity index (χ1n) is 12.7. The average molecular weight is 598 g/mol. The van der Waals surface area contributed by atoms with E-state index >= 15 is 0 Å². The van der Waals surface area contributed by atoms with Crippen LogP contribution < -0.4 is 10.1 Å². The first-order chi connectivity index (χ1) is 17.2. The van der Waals surface area contributed by atoms with Crippen LogP contribution in [0.3, 0.4) is 0 Å². The lowest BCUT2D eigenvalue weighted by Gasteiger charge is -2.32. The van der Waals surface area contributed by atoms with Gasteiger partial charge < -0.3 is 15.0 Å². The summed E-state index contributed by atoms with van der Waals surface area (Å²) in [6, 6.07) is 10.7. The van der Waals surface area contributed by atoms with Crippen molar-refractivity contribution in [1.82, 2.24) is 10.2 Å². The number of rotatable bonds is 10. The molecule has 0 heterocycles. The third-order valence-corrected chi connectivity index (χ3v) is 8.01. The zero-order valence-corrected chi connectivity index (χ0v) is 24.3.